The molecule has 0 spiro atoms. The smallest absolute Gasteiger partial charge is 0.255 e. The van der Waals surface area contributed by atoms with Gasteiger partial charge < -0.3 is 10.7 Å². The van der Waals surface area contributed by atoms with Gasteiger partial charge in [-0.3, -0.25) is 4.79 Å². The van der Waals surface area contributed by atoms with Gasteiger partial charge in [0.2, 0.25) is 0 Å². The first kappa shape index (κ1) is 13.5. The van der Waals surface area contributed by atoms with Crippen molar-refractivity contribution in [2.45, 2.75) is 6.92 Å². The molecule has 0 fully saturated rings. The molecular formula is C15H14N4OS. The summed E-state index contributed by atoms with van der Waals surface area (Å²) in [6.45, 7) is 1.81. The number of hydrogen-bond acceptors (Lipinski definition) is 5. The Bertz CT molecular complexity index is 812. The molecule has 5 nitrogen and oxygen atoms in total. The number of nitrogens with one attached hydrogen (secondary N) is 2. The average molecular weight is 298 g/mol. The topological polar surface area (TPSA) is 80.0 Å². The Hall–Kier alpha value is -2.44. The van der Waals surface area contributed by atoms with E-state index in [0.717, 1.165) is 16.8 Å². The van der Waals surface area contributed by atoms with Crippen LogP contribution in [0.15, 0.2) is 41.8 Å². The predicted octanol–water partition coefficient (Wildman–Crippen LogP) is 3.14. The molecule has 0 bridgehead atoms. The zero-order valence-electron chi connectivity index (χ0n) is 11.4. The fourth-order valence-electron chi connectivity index (χ4n) is 2.12. The SMILES string of the molecule is Cc1cc(C(=O)Nc2ccc3sccc3c2)cc(NN)n1. The van der Waals surface area contributed by atoms with E-state index in [1.54, 1.807) is 23.5 Å². The third kappa shape index (κ3) is 2.86. The normalized spacial score (nSPS) is 10.6. The predicted molar refractivity (Wildman–Crippen MR) is 86.6 cm³/mol. The molecule has 0 saturated carbocycles. The fourth-order valence-corrected chi connectivity index (χ4v) is 2.89. The molecule has 3 aromatic rings. The van der Waals surface area contributed by atoms with Crippen molar-refractivity contribution in [3.63, 3.8) is 0 Å². The van der Waals surface area contributed by atoms with Gasteiger partial charge in [0.05, 0.1) is 0 Å². The summed E-state index contributed by atoms with van der Waals surface area (Å²) >= 11 is 1.68. The number of benzene rings is 1. The van der Waals surface area contributed by atoms with E-state index in [0.29, 0.717) is 11.4 Å². The molecule has 0 saturated heterocycles. The molecule has 106 valence electrons. The summed E-state index contributed by atoms with van der Waals surface area (Å²) < 4.78 is 1.20. The van der Waals surface area contributed by atoms with Crippen molar-refractivity contribution >= 4 is 38.8 Å². The Morgan fingerprint density at radius 3 is 2.90 bits per heavy atom. The fraction of sp³-hybridized carbons (Fsp3) is 0.0667. The number of thiophene rings is 1. The van der Waals surface area contributed by atoms with Gasteiger partial charge in [-0.1, -0.05) is 0 Å². The first-order valence-electron chi connectivity index (χ1n) is 6.39. The van der Waals surface area contributed by atoms with Crippen molar-refractivity contribution in [3.8, 4) is 0 Å². The van der Waals surface area contributed by atoms with E-state index >= 15 is 0 Å². The standard InChI is InChI=1S/C15H14N4OS/c1-9-6-11(8-14(17-9)19-16)15(20)18-12-2-3-13-10(7-12)4-5-21-13/h2-8H,16H2,1H3,(H,17,19)(H,18,20). The summed E-state index contributed by atoms with van der Waals surface area (Å²) in [5.74, 6) is 5.63. The van der Waals surface area contributed by atoms with Crippen LogP contribution in [0.2, 0.25) is 0 Å². The number of carbonyl (C=O) groups excluding carboxylic acids is 1. The summed E-state index contributed by atoms with van der Waals surface area (Å²) in [6, 6.07) is 11.2. The maximum atomic E-state index is 12.3. The maximum absolute atomic E-state index is 12.3. The zero-order chi connectivity index (χ0) is 14.8. The number of nitrogens with zero attached hydrogens (tertiary/aromatic N) is 1. The van der Waals surface area contributed by atoms with Crippen LogP contribution in [0.1, 0.15) is 16.1 Å². The highest BCUT2D eigenvalue weighted by atomic mass is 32.1. The quantitative estimate of drug-likeness (QED) is 0.512. The number of hydrogen-bond donors (Lipinski definition) is 3. The highest BCUT2D eigenvalue weighted by molar-refractivity contribution is 7.17. The molecule has 1 amide bonds. The molecule has 2 aromatic heterocycles. The summed E-state index contributed by atoms with van der Waals surface area (Å²) in [6.07, 6.45) is 0. The number of pyridine rings is 1. The molecule has 1 aromatic carbocycles. The number of anilines is 2. The molecule has 0 radical (unpaired) electrons. The highest BCUT2D eigenvalue weighted by Crippen LogP contribution is 2.24. The first-order valence-corrected chi connectivity index (χ1v) is 7.27. The zero-order valence-corrected chi connectivity index (χ0v) is 12.2. The molecule has 6 heteroatoms. The Kier molecular flexibility index (Phi) is 3.55. The van der Waals surface area contributed by atoms with Gasteiger partial charge in [0.15, 0.2) is 0 Å². The summed E-state index contributed by atoms with van der Waals surface area (Å²) in [5.41, 5.74) is 4.46. The van der Waals surface area contributed by atoms with Gasteiger partial charge >= 0.3 is 0 Å². The van der Waals surface area contributed by atoms with Crippen LogP contribution in [0.5, 0.6) is 0 Å². The minimum absolute atomic E-state index is 0.188. The second-order valence-corrected chi connectivity index (χ2v) is 5.60. The second kappa shape index (κ2) is 5.51. The van der Waals surface area contributed by atoms with Gasteiger partial charge in [-0.25, -0.2) is 10.8 Å². The summed E-state index contributed by atoms with van der Waals surface area (Å²) in [5, 5.41) is 6.04. The van der Waals surface area contributed by atoms with Gasteiger partial charge in [-0.2, -0.15) is 0 Å². The lowest BCUT2D eigenvalue weighted by Gasteiger charge is -2.08. The van der Waals surface area contributed by atoms with Crippen molar-refractivity contribution in [1.82, 2.24) is 4.98 Å². The van der Waals surface area contributed by atoms with E-state index in [4.69, 9.17) is 5.84 Å². The van der Waals surface area contributed by atoms with Crippen LogP contribution < -0.4 is 16.6 Å². The molecule has 3 rings (SSSR count). The minimum atomic E-state index is -0.188. The van der Waals surface area contributed by atoms with Gasteiger partial charge in [-0.05, 0) is 54.1 Å². The number of rotatable bonds is 3. The van der Waals surface area contributed by atoms with Gasteiger partial charge in [0.1, 0.15) is 5.82 Å². The van der Waals surface area contributed by atoms with Crippen LogP contribution in [0.3, 0.4) is 0 Å². The Morgan fingerprint density at radius 1 is 1.24 bits per heavy atom. The van der Waals surface area contributed by atoms with Crippen LogP contribution in [0, 0.1) is 6.92 Å². The molecule has 4 N–H and O–H groups in total. The number of amides is 1. The average Bonchev–Trinajstić information content (AvgIpc) is 2.94. The lowest BCUT2D eigenvalue weighted by molar-refractivity contribution is 0.102. The number of hydrazine groups is 1. The van der Waals surface area contributed by atoms with Crippen molar-refractivity contribution in [3.05, 3.63) is 53.0 Å². The van der Waals surface area contributed by atoms with E-state index in [9.17, 15) is 4.79 Å². The molecular weight excluding hydrogens is 284 g/mol. The Balaban J connectivity index is 1.86. The molecule has 0 unspecified atom stereocenters. The van der Waals surface area contributed by atoms with E-state index < -0.39 is 0 Å². The van der Waals surface area contributed by atoms with Crippen LogP contribution in [-0.2, 0) is 0 Å². The first-order chi connectivity index (χ1) is 10.2. The number of nitrogens with two attached hydrogens (primary N) is 1. The number of nitrogen functional groups attached to an aromatic ring is 1. The summed E-state index contributed by atoms with van der Waals surface area (Å²) in [7, 11) is 0. The van der Waals surface area contributed by atoms with Crippen LogP contribution in [0.4, 0.5) is 11.5 Å². The molecule has 0 atom stereocenters. The maximum Gasteiger partial charge on any atom is 0.255 e. The summed E-state index contributed by atoms with van der Waals surface area (Å²) in [4.78, 5) is 16.5. The number of aromatic nitrogens is 1. The third-order valence-electron chi connectivity index (χ3n) is 3.07. The highest BCUT2D eigenvalue weighted by Gasteiger charge is 2.09. The molecule has 2 heterocycles. The lowest BCUT2D eigenvalue weighted by atomic mass is 10.2. The van der Waals surface area contributed by atoms with Crippen LogP contribution in [-0.4, -0.2) is 10.9 Å². The van der Waals surface area contributed by atoms with E-state index in [-0.39, 0.29) is 5.91 Å². The Morgan fingerprint density at radius 2 is 2.10 bits per heavy atom. The number of aryl methyl sites for hydroxylation is 1. The lowest BCUT2D eigenvalue weighted by Crippen LogP contribution is -2.15. The van der Waals surface area contributed by atoms with E-state index in [1.807, 2.05) is 36.6 Å². The van der Waals surface area contributed by atoms with Gasteiger partial charge in [-0.15, -0.1) is 11.3 Å². The van der Waals surface area contributed by atoms with Crippen molar-refractivity contribution < 1.29 is 4.79 Å². The van der Waals surface area contributed by atoms with Crippen molar-refractivity contribution in [2.75, 3.05) is 10.7 Å². The third-order valence-corrected chi connectivity index (χ3v) is 3.97. The number of carbonyl (C=O) groups is 1. The second-order valence-electron chi connectivity index (χ2n) is 4.65. The Labute approximate surface area is 125 Å². The molecule has 0 aliphatic carbocycles. The molecule has 0 aliphatic rings. The molecule has 0 aliphatic heterocycles. The van der Waals surface area contributed by atoms with Crippen LogP contribution in [0.25, 0.3) is 10.1 Å². The van der Waals surface area contributed by atoms with Crippen LogP contribution >= 0.6 is 11.3 Å². The van der Waals surface area contributed by atoms with Crippen molar-refractivity contribution in [2.24, 2.45) is 5.84 Å². The monoisotopic (exact) mass is 298 g/mol. The number of fused-ring (bicyclic) bond motifs is 1. The van der Waals surface area contributed by atoms with E-state index in [1.165, 1.54) is 4.70 Å². The van der Waals surface area contributed by atoms with Gasteiger partial charge in [0.25, 0.3) is 5.91 Å². The minimum Gasteiger partial charge on any atom is -0.322 e. The largest absolute Gasteiger partial charge is 0.322 e. The van der Waals surface area contributed by atoms with Gasteiger partial charge in [0, 0.05) is 21.6 Å². The molecule has 21 heavy (non-hydrogen) atoms. The van der Waals surface area contributed by atoms with Crippen molar-refractivity contribution in [1.29, 1.82) is 0 Å². The van der Waals surface area contributed by atoms with E-state index in [2.05, 4.69) is 15.7 Å².